The van der Waals surface area contributed by atoms with Gasteiger partial charge in [-0.2, -0.15) is 0 Å². The van der Waals surface area contributed by atoms with Crippen molar-refractivity contribution in [3.05, 3.63) is 70.0 Å². The van der Waals surface area contributed by atoms with Gasteiger partial charge in [-0.1, -0.05) is 47.5 Å². The number of hydrogen-bond donors (Lipinski definition) is 1. The molecule has 0 spiro atoms. The van der Waals surface area contributed by atoms with Gasteiger partial charge in [-0.25, -0.2) is 4.39 Å². The number of rotatable bonds is 2. The molecule has 0 aliphatic rings. The van der Waals surface area contributed by atoms with Crippen LogP contribution in [-0.2, 0) is 5.60 Å². The number of aryl methyl sites for hydroxylation is 1. The summed E-state index contributed by atoms with van der Waals surface area (Å²) in [6, 6.07) is 11.7. The maximum atomic E-state index is 13.9. The van der Waals surface area contributed by atoms with E-state index in [1.807, 2.05) is 19.1 Å². The van der Waals surface area contributed by atoms with Crippen molar-refractivity contribution in [3.63, 3.8) is 0 Å². The Morgan fingerprint density at radius 1 is 1.11 bits per heavy atom. The van der Waals surface area contributed by atoms with Crippen molar-refractivity contribution in [1.29, 1.82) is 0 Å². The first kappa shape index (κ1) is 13.1. The fraction of sp³-hybridized carbons (Fsp3) is 0.200. The van der Waals surface area contributed by atoms with Crippen molar-refractivity contribution in [2.45, 2.75) is 19.4 Å². The van der Waals surface area contributed by atoms with E-state index >= 15 is 0 Å². The summed E-state index contributed by atoms with van der Waals surface area (Å²) < 4.78 is 13.9. The van der Waals surface area contributed by atoms with E-state index in [-0.39, 0.29) is 5.56 Å². The molecular formula is C15H14ClFO. The van der Waals surface area contributed by atoms with Crippen LogP contribution in [0.15, 0.2) is 42.5 Å². The Morgan fingerprint density at radius 2 is 1.72 bits per heavy atom. The minimum Gasteiger partial charge on any atom is -0.381 e. The quantitative estimate of drug-likeness (QED) is 0.868. The summed E-state index contributed by atoms with van der Waals surface area (Å²) >= 11 is 5.71. The number of halogens is 2. The summed E-state index contributed by atoms with van der Waals surface area (Å²) in [6.07, 6.45) is 0. The summed E-state index contributed by atoms with van der Waals surface area (Å²) in [4.78, 5) is 0. The van der Waals surface area contributed by atoms with E-state index in [0.29, 0.717) is 10.6 Å². The maximum absolute atomic E-state index is 13.9. The van der Waals surface area contributed by atoms with Crippen LogP contribution in [0.5, 0.6) is 0 Å². The van der Waals surface area contributed by atoms with E-state index in [2.05, 4.69) is 0 Å². The Balaban J connectivity index is 2.50. The van der Waals surface area contributed by atoms with Crippen LogP contribution in [0.2, 0.25) is 5.02 Å². The third-order valence-electron chi connectivity index (χ3n) is 3.07. The van der Waals surface area contributed by atoms with Gasteiger partial charge in [0.05, 0.1) is 0 Å². The smallest absolute Gasteiger partial charge is 0.131 e. The number of hydrogen-bond acceptors (Lipinski definition) is 1. The first-order valence-electron chi connectivity index (χ1n) is 5.66. The Kier molecular flexibility index (Phi) is 3.42. The van der Waals surface area contributed by atoms with Crippen LogP contribution in [0.25, 0.3) is 0 Å². The molecule has 0 aliphatic heterocycles. The average molecular weight is 265 g/mol. The van der Waals surface area contributed by atoms with E-state index in [1.165, 1.54) is 12.1 Å². The first-order chi connectivity index (χ1) is 8.41. The van der Waals surface area contributed by atoms with Gasteiger partial charge >= 0.3 is 0 Å². The van der Waals surface area contributed by atoms with Gasteiger partial charge in [0.1, 0.15) is 11.4 Å². The summed E-state index contributed by atoms with van der Waals surface area (Å²) in [5, 5.41) is 10.9. The molecule has 94 valence electrons. The molecule has 0 fully saturated rings. The molecule has 1 unspecified atom stereocenters. The van der Waals surface area contributed by atoms with E-state index in [4.69, 9.17) is 11.6 Å². The van der Waals surface area contributed by atoms with Gasteiger partial charge in [0.15, 0.2) is 0 Å². The summed E-state index contributed by atoms with van der Waals surface area (Å²) in [7, 11) is 0. The molecule has 0 radical (unpaired) electrons. The highest BCUT2D eigenvalue weighted by atomic mass is 35.5. The van der Waals surface area contributed by atoms with E-state index in [1.54, 1.807) is 25.1 Å². The molecule has 1 N–H and O–H groups in total. The van der Waals surface area contributed by atoms with Crippen LogP contribution in [0.1, 0.15) is 23.6 Å². The highest BCUT2D eigenvalue weighted by molar-refractivity contribution is 6.30. The van der Waals surface area contributed by atoms with Gasteiger partial charge in [-0.15, -0.1) is 0 Å². The van der Waals surface area contributed by atoms with Crippen molar-refractivity contribution >= 4 is 11.6 Å². The molecule has 0 heterocycles. The number of aliphatic hydroxyl groups is 1. The summed E-state index contributed by atoms with van der Waals surface area (Å²) in [5.41, 5.74) is 0.582. The third-order valence-corrected chi connectivity index (χ3v) is 3.30. The lowest BCUT2D eigenvalue weighted by atomic mass is 9.87. The van der Waals surface area contributed by atoms with Crippen LogP contribution in [0.4, 0.5) is 4.39 Å². The Labute approximate surface area is 111 Å². The molecule has 0 bridgehead atoms. The molecule has 0 aliphatic carbocycles. The van der Waals surface area contributed by atoms with Gasteiger partial charge < -0.3 is 5.11 Å². The monoisotopic (exact) mass is 264 g/mol. The summed E-state index contributed by atoms with van der Waals surface area (Å²) in [5.74, 6) is -0.506. The molecule has 0 aromatic heterocycles. The average Bonchev–Trinajstić information content (AvgIpc) is 2.29. The van der Waals surface area contributed by atoms with Crippen LogP contribution in [0.3, 0.4) is 0 Å². The Morgan fingerprint density at radius 3 is 2.28 bits per heavy atom. The zero-order valence-corrected chi connectivity index (χ0v) is 11.0. The fourth-order valence-corrected chi connectivity index (χ4v) is 2.08. The van der Waals surface area contributed by atoms with Gasteiger partial charge in [0.25, 0.3) is 0 Å². The van der Waals surface area contributed by atoms with Gasteiger partial charge in [0, 0.05) is 10.6 Å². The van der Waals surface area contributed by atoms with E-state index in [9.17, 15) is 9.50 Å². The normalized spacial score (nSPS) is 14.3. The van der Waals surface area contributed by atoms with Crippen LogP contribution in [-0.4, -0.2) is 5.11 Å². The molecule has 1 nitrogen and oxygen atoms in total. The van der Waals surface area contributed by atoms with Crippen molar-refractivity contribution < 1.29 is 9.50 Å². The highest BCUT2D eigenvalue weighted by Gasteiger charge is 2.28. The Bertz CT molecular complexity index is 561. The van der Waals surface area contributed by atoms with Crippen molar-refractivity contribution in [3.8, 4) is 0 Å². The van der Waals surface area contributed by atoms with Gasteiger partial charge in [-0.3, -0.25) is 0 Å². The van der Waals surface area contributed by atoms with Gasteiger partial charge in [0.2, 0.25) is 0 Å². The molecule has 18 heavy (non-hydrogen) atoms. The molecular weight excluding hydrogens is 251 g/mol. The molecule has 0 saturated heterocycles. The minimum absolute atomic E-state index is 0.218. The molecule has 2 aromatic carbocycles. The Hall–Kier alpha value is -1.38. The zero-order chi connectivity index (χ0) is 13.3. The molecule has 2 aromatic rings. The second kappa shape index (κ2) is 4.71. The first-order valence-corrected chi connectivity index (χ1v) is 6.04. The van der Waals surface area contributed by atoms with E-state index < -0.39 is 11.4 Å². The predicted molar refractivity (Wildman–Crippen MR) is 71.3 cm³/mol. The van der Waals surface area contributed by atoms with Crippen molar-refractivity contribution in [2.24, 2.45) is 0 Å². The molecule has 3 heteroatoms. The van der Waals surface area contributed by atoms with Crippen molar-refractivity contribution in [2.75, 3.05) is 0 Å². The molecule has 2 rings (SSSR count). The second-order valence-corrected chi connectivity index (χ2v) is 5.00. The maximum Gasteiger partial charge on any atom is 0.131 e. The van der Waals surface area contributed by atoms with Crippen LogP contribution >= 0.6 is 11.6 Å². The topological polar surface area (TPSA) is 20.2 Å². The zero-order valence-electron chi connectivity index (χ0n) is 10.2. The SMILES string of the molecule is Cc1ccc(C(C)(O)c2ccc(Cl)cc2F)cc1. The van der Waals surface area contributed by atoms with E-state index in [0.717, 1.165) is 5.56 Å². The molecule has 0 saturated carbocycles. The summed E-state index contributed by atoms with van der Waals surface area (Å²) in [6.45, 7) is 3.53. The van der Waals surface area contributed by atoms with Crippen LogP contribution in [0, 0.1) is 12.7 Å². The van der Waals surface area contributed by atoms with Crippen molar-refractivity contribution in [1.82, 2.24) is 0 Å². The molecule has 1 atom stereocenters. The van der Waals surface area contributed by atoms with Crippen LogP contribution < -0.4 is 0 Å². The number of benzene rings is 2. The predicted octanol–water partition coefficient (Wildman–Crippen LogP) is 4.04. The van der Waals surface area contributed by atoms with Gasteiger partial charge in [-0.05, 0) is 31.5 Å². The lowest BCUT2D eigenvalue weighted by molar-refractivity contribution is 0.0979. The lowest BCUT2D eigenvalue weighted by Crippen LogP contribution is -2.24. The third kappa shape index (κ3) is 2.40. The minimum atomic E-state index is -1.37. The second-order valence-electron chi connectivity index (χ2n) is 4.56. The fourth-order valence-electron chi connectivity index (χ4n) is 1.92. The standard InChI is InChI=1S/C15H14ClFO/c1-10-3-5-11(6-4-10)15(2,18)13-8-7-12(16)9-14(13)17/h3-9,18H,1-2H3. The highest BCUT2D eigenvalue weighted by Crippen LogP contribution is 2.32. The lowest BCUT2D eigenvalue weighted by Gasteiger charge is -2.25. The molecule has 0 amide bonds. The largest absolute Gasteiger partial charge is 0.381 e.